The first kappa shape index (κ1) is 14.5. The topological polar surface area (TPSA) is 37.4 Å². The van der Waals surface area contributed by atoms with E-state index in [4.69, 9.17) is 11.8 Å². The van der Waals surface area contributed by atoms with Gasteiger partial charge in [-0.15, -0.1) is 0 Å². The van der Waals surface area contributed by atoms with Crippen LogP contribution >= 0.6 is 11.8 Å². The maximum Gasteiger partial charge on any atom is 0.179 e. The molecule has 0 fully saturated rings. The molecule has 17 heavy (non-hydrogen) atoms. The van der Waals surface area contributed by atoms with Gasteiger partial charge in [0.15, 0.2) is 9.84 Å². The summed E-state index contributed by atoms with van der Waals surface area (Å²) in [5.41, 5.74) is -0.242. The van der Waals surface area contributed by atoms with E-state index in [9.17, 15) is 8.42 Å². The molecule has 0 unspecified atom stereocenters. The molecule has 0 bridgehead atoms. The SMILES string of the molecule is CC(C)(C)N(Cl)CCS(=O)(=O)c1ccccc1. The highest BCUT2D eigenvalue weighted by Crippen LogP contribution is 2.17. The molecule has 1 rings (SSSR count). The van der Waals surface area contributed by atoms with Gasteiger partial charge in [0.2, 0.25) is 0 Å². The van der Waals surface area contributed by atoms with Crippen LogP contribution in [0, 0.1) is 0 Å². The van der Waals surface area contributed by atoms with Crippen LogP contribution in [-0.4, -0.2) is 30.7 Å². The number of hydrogen-bond acceptors (Lipinski definition) is 3. The molecule has 96 valence electrons. The van der Waals surface area contributed by atoms with Crippen molar-refractivity contribution in [3.05, 3.63) is 30.3 Å². The largest absolute Gasteiger partial charge is 0.224 e. The summed E-state index contributed by atoms with van der Waals surface area (Å²) in [5, 5.41) is 0. The fraction of sp³-hybridized carbons (Fsp3) is 0.500. The Balaban J connectivity index is 2.70. The van der Waals surface area contributed by atoms with Gasteiger partial charge in [-0.3, -0.25) is 0 Å². The minimum absolute atomic E-state index is 0.0256. The maximum absolute atomic E-state index is 12.0. The third kappa shape index (κ3) is 4.30. The number of benzene rings is 1. The molecule has 0 spiro atoms. The van der Waals surface area contributed by atoms with Gasteiger partial charge in [0.05, 0.1) is 10.6 Å². The van der Waals surface area contributed by atoms with Crippen LogP contribution < -0.4 is 0 Å². The predicted octanol–water partition coefficient (Wildman–Crippen LogP) is 2.71. The van der Waals surface area contributed by atoms with E-state index in [1.807, 2.05) is 20.8 Å². The average Bonchev–Trinajstić information content (AvgIpc) is 2.26. The number of sulfone groups is 1. The van der Waals surface area contributed by atoms with E-state index >= 15 is 0 Å². The van der Waals surface area contributed by atoms with Crippen molar-refractivity contribution in [2.45, 2.75) is 31.2 Å². The number of nitrogens with zero attached hydrogens (tertiary/aromatic N) is 1. The Morgan fingerprint density at radius 2 is 1.71 bits per heavy atom. The van der Waals surface area contributed by atoms with Gasteiger partial charge >= 0.3 is 0 Å². The third-order valence-corrected chi connectivity index (χ3v) is 4.77. The van der Waals surface area contributed by atoms with Gasteiger partial charge in [-0.25, -0.2) is 12.8 Å². The zero-order valence-electron chi connectivity index (χ0n) is 10.4. The zero-order chi connectivity index (χ0) is 13.1. The van der Waals surface area contributed by atoms with Gasteiger partial charge in [-0.05, 0) is 44.7 Å². The van der Waals surface area contributed by atoms with Crippen LogP contribution in [0.3, 0.4) is 0 Å². The Labute approximate surface area is 108 Å². The smallest absolute Gasteiger partial charge is 0.179 e. The van der Waals surface area contributed by atoms with Crippen LogP contribution in [0.1, 0.15) is 20.8 Å². The molecule has 0 radical (unpaired) electrons. The van der Waals surface area contributed by atoms with Crippen molar-refractivity contribution in [1.82, 2.24) is 4.42 Å². The van der Waals surface area contributed by atoms with E-state index in [0.29, 0.717) is 11.4 Å². The first-order valence-electron chi connectivity index (χ1n) is 5.45. The van der Waals surface area contributed by atoms with Crippen LogP contribution in [0.15, 0.2) is 35.2 Å². The lowest BCUT2D eigenvalue weighted by Crippen LogP contribution is -2.36. The second-order valence-corrected chi connectivity index (χ2v) is 7.41. The minimum atomic E-state index is -3.24. The van der Waals surface area contributed by atoms with Crippen LogP contribution in [0.4, 0.5) is 0 Å². The predicted molar refractivity (Wildman–Crippen MR) is 70.8 cm³/mol. The van der Waals surface area contributed by atoms with E-state index in [1.54, 1.807) is 30.3 Å². The van der Waals surface area contributed by atoms with Crippen molar-refractivity contribution in [3.8, 4) is 0 Å². The third-order valence-electron chi connectivity index (χ3n) is 2.39. The molecule has 0 amide bonds. The average molecular weight is 276 g/mol. The van der Waals surface area contributed by atoms with Gasteiger partial charge in [-0.2, -0.15) is 0 Å². The monoisotopic (exact) mass is 275 g/mol. The highest BCUT2D eigenvalue weighted by Gasteiger charge is 2.22. The first-order chi connectivity index (χ1) is 7.73. The minimum Gasteiger partial charge on any atom is -0.224 e. The fourth-order valence-electron chi connectivity index (χ4n) is 1.28. The summed E-state index contributed by atoms with van der Waals surface area (Å²) < 4.78 is 25.5. The second kappa shape index (κ2) is 5.38. The normalized spacial score (nSPS) is 13.0. The second-order valence-electron chi connectivity index (χ2n) is 4.89. The summed E-state index contributed by atoms with van der Waals surface area (Å²) in [6.45, 7) is 6.13. The zero-order valence-corrected chi connectivity index (χ0v) is 11.9. The molecule has 0 aromatic heterocycles. The van der Waals surface area contributed by atoms with E-state index in [2.05, 4.69) is 0 Å². The molecule has 0 saturated heterocycles. The fourth-order valence-corrected chi connectivity index (χ4v) is 2.70. The van der Waals surface area contributed by atoms with E-state index < -0.39 is 9.84 Å². The lowest BCUT2D eigenvalue weighted by atomic mass is 10.1. The van der Waals surface area contributed by atoms with Crippen LogP contribution in [0.25, 0.3) is 0 Å². The van der Waals surface area contributed by atoms with Crippen LogP contribution in [0.5, 0.6) is 0 Å². The molecule has 1 aromatic carbocycles. The van der Waals surface area contributed by atoms with E-state index in [-0.39, 0.29) is 11.3 Å². The number of rotatable bonds is 4. The molecule has 1 aromatic rings. The van der Waals surface area contributed by atoms with E-state index in [1.165, 1.54) is 4.42 Å². The van der Waals surface area contributed by atoms with Crippen LogP contribution in [-0.2, 0) is 9.84 Å². The molecule has 0 aliphatic heterocycles. The maximum atomic E-state index is 12.0. The Morgan fingerprint density at radius 1 is 1.18 bits per heavy atom. The summed E-state index contributed by atoms with van der Waals surface area (Å²) in [6, 6.07) is 8.43. The van der Waals surface area contributed by atoms with Gasteiger partial charge in [-0.1, -0.05) is 18.2 Å². The standard InChI is InChI=1S/C12H18ClNO2S/c1-12(2,3)14(13)9-10-17(15,16)11-7-5-4-6-8-11/h4-8H,9-10H2,1-3H3. The quantitative estimate of drug-likeness (QED) is 0.793. The molecule has 0 aliphatic rings. The molecule has 0 aliphatic carbocycles. The van der Waals surface area contributed by atoms with Crippen LogP contribution in [0.2, 0.25) is 0 Å². The molecule has 0 atom stereocenters. The van der Waals surface area contributed by atoms with Crippen molar-refractivity contribution in [2.24, 2.45) is 0 Å². The lowest BCUT2D eigenvalue weighted by molar-refractivity contribution is 0.273. The summed E-state index contributed by atoms with van der Waals surface area (Å²) in [4.78, 5) is 0.346. The molecule has 0 heterocycles. The highest BCUT2D eigenvalue weighted by atomic mass is 35.5. The van der Waals surface area contributed by atoms with Gasteiger partial charge < -0.3 is 0 Å². The van der Waals surface area contributed by atoms with Gasteiger partial charge in [0, 0.05) is 12.1 Å². The Kier molecular flexibility index (Phi) is 4.58. The summed E-state index contributed by atoms with van der Waals surface area (Å²) in [6.07, 6.45) is 0. The van der Waals surface area contributed by atoms with E-state index in [0.717, 1.165) is 0 Å². The summed E-state index contributed by atoms with van der Waals surface area (Å²) in [7, 11) is -3.24. The summed E-state index contributed by atoms with van der Waals surface area (Å²) >= 11 is 6.02. The molecule has 5 heteroatoms. The van der Waals surface area contributed by atoms with Crippen molar-refractivity contribution >= 4 is 21.6 Å². The molecular weight excluding hydrogens is 258 g/mol. The highest BCUT2D eigenvalue weighted by molar-refractivity contribution is 7.91. The summed E-state index contributed by atoms with van der Waals surface area (Å²) in [5.74, 6) is 0.0256. The van der Waals surface area contributed by atoms with Crippen molar-refractivity contribution in [2.75, 3.05) is 12.3 Å². The molecule has 0 saturated carbocycles. The number of hydrogen-bond donors (Lipinski definition) is 0. The van der Waals surface area contributed by atoms with Crippen molar-refractivity contribution in [3.63, 3.8) is 0 Å². The number of halogens is 1. The Bertz CT molecular complexity index is 451. The molecular formula is C12H18ClNO2S. The molecule has 0 N–H and O–H groups in total. The van der Waals surface area contributed by atoms with Crippen molar-refractivity contribution < 1.29 is 8.42 Å². The van der Waals surface area contributed by atoms with Gasteiger partial charge in [0.25, 0.3) is 0 Å². The Hall–Kier alpha value is -0.580. The lowest BCUT2D eigenvalue weighted by Gasteiger charge is -2.28. The molecule has 3 nitrogen and oxygen atoms in total. The van der Waals surface area contributed by atoms with Gasteiger partial charge in [0.1, 0.15) is 0 Å². The Morgan fingerprint density at radius 3 is 2.18 bits per heavy atom. The first-order valence-corrected chi connectivity index (χ1v) is 7.44. The van der Waals surface area contributed by atoms with Crippen molar-refractivity contribution in [1.29, 1.82) is 0 Å².